The molecule has 1 aromatic rings. The largest absolute Gasteiger partial charge is 0.416 e. The number of anilines is 1. The van der Waals surface area contributed by atoms with E-state index in [0.29, 0.717) is 25.4 Å². The topological polar surface area (TPSA) is 12.5 Å². The molecule has 0 N–H and O–H groups in total. The first-order chi connectivity index (χ1) is 9.47. The molecule has 1 unspecified atom stereocenters. The van der Waals surface area contributed by atoms with Crippen LogP contribution < -0.4 is 4.90 Å². The van der Waals surface area contributed by atoms with Gasteiger partial charge >= 0.3 is 6.18 Å². The van der Waals surface area contributed by atoms with Gasteiger partial charge in [0.15, 0.2) is 0 Å². The quantitative estimate of drug-likeness (QED) is 0.781. The van der Waals surface area contributed by atoms with E-state index < -0.39 is 11.7 Å². The summed E-state index contributed by atoms with van der Waals surface area (Å²) in [6.07, 6.45) is -3.55. The predicted octanol–water partition coefficient (Wildman–Crippen LogP) is 4.06. The minimum Gasteiger partial charge on any atom is -0.377 e. The standard InChI is InChI=1S/C14H17ClF3NO/c1-2-11-9-20-6-5-19(11)12-4-3-10(8-15)13(7-12)14(16,17)18/h3-4,7,11H,2,5-6,8-9H2,1H3. The van der Waals surface area contributed by atoms with Crippen LogP contribution in [-0.4, -0.2) is 25.8 Å². The fraction of sp³-hybridized carbons (Fsp3) is 0.571. The van der Waals surface area contributed by atoms with Gasteiger partial charge in [0.2, 0.25) is 0 Å². The molecule has 112 valence electrons. The zero-order valence-corrected chi connectivity index (χ0v) is 12.0. The first-order valence-corrected chi connectivity index (χ1v) is 7.11. The summed E-state index contributed by atoms with van der Waals surface area (Å²) < 4.78 is 44.6. The van der Waals surface area contributed by atoms with Gasteiger partial charge in [0, 0.05) is 18.1 Å². The van der Waals surface area contributed by atoms with Gasteiger partial charge in [-0.1, -0.05) is 13.0 Å². The zero-order valence-electron chi connectivity index (χ0n) is 11.2. The second kappa shape index (κ2) is 6.22. The zero-order chi connectivity index (χ0) is 14.8. The molecule has 1 saturated heterocycles. The summed E-state index contributed by atoms with van der Waals surface area (Å²) >= 11 is 5.60. The smallest absolute Gasteiger partial charge is 0.377 e. The number of halogens is 4. The summed E-state index contributed by atoms with van der Waals surface area (Å²) in [6.45, 7) is 3.70. The SMILES string of the molecule is CCC1COCCN1c1ccc(CCl)c(C(F)(F)F)c1. The van der Waals surface area contributed by atoms with Crippen molar-refractivity contribution < 1.29 is 17.9 Å². The van der Waals surface area contributed by atoms with Crippen molar-refractivity contribution in [1.82, 2.24) is 0 Å². The molecule has 1 atom stereocenters. The Morgan fingerprint density at radius 2 is 2.15 bits per heavy atom. The van der Waals surface area contributed by atoms with E-state index in [0.717, 1.165) is 6.42 Å². The summed E-state index contributed by atoms with van der Waals surface area (Å²) in [5, 5.41) is 0. The van der Waals surface area contributed by atoms with Gasteiger partial charge in [-0.2, -0.15) is 13.2 Å². The maximum absolute atomic E-state index is 13.1. The van der Waals surface area contributed by atoms with Gasteiger partial charge in [0.1, 0.15) is 0 Å². The summed E-state index contributed by atoms with van der Waals surface area (Å²) in [5.74, 6) is -0.143. The highest BCUT2D eigenvalue weighted by Gasteiger charge is 2.34. The molecular weight excluding hydrogens is 291 g/mol. The third-order valence-electron chi connectivity index (χ3n) is 3.57. The van der Waals surface area contributed by atoms with Crippen LogP contribution in [0.2, 0.25) is 0 Å². The molecule has 1 fully saturated rings. The number of morpholine rings is 1. The summed E-state index contributed by atoms with van der Waals surface area (Å²) in [7, 11) is 0. The van der Waals surface area contributed by atoms with Gasteiger partial charge in [-0.05, 0) is 24.1 Å². The molecule has 1 aromatic carbocycles. The Hall–Kier alpha value is -0.940. The maximum Gasteiger partial charge on any atom is 0.416 e. The molecular formula is C14H17ClF3NO. The average molecular weight is 308 g/mol. The molecule has 1 aliphatic heterocycles. The number of benzene rings is 1. The first-order valence-electron chi connectivity index (χ1n) is 6.57. The number of alkyl halides is 4. The Bertz CT molecular complexity index is 464. The molecule has 0 aromatic heterocycles. The van der Waals surface area contributed by atoms with Crippen molar-refractivity contribution in [2.75, 3.05) is 24.7 Å². The van der Waals surface area contributed by atoms with Crippen molar-refractivity contribution in [1.29, 1.82) is 0 Å². The second-order valence-electron chi connectivity index (χ2n) is 4.80. The Labute approximate surface area is 121 Å². The lowest BCUT2D eigenvalue weighted by atomic mass is 10.0. The van der Waals surface area contributed by atoms with Crippen LogP contribution in [0.5, 0.6) is 0 Å². The highest BCUT2D eigenvalue weighted by Crippen LogP contribution is 2.36. The van der Waals surface area contributed by atoms with Crippen molar-refractivity contribution in [3.8, 4) is 0 Å². The molecule has 0 amide bonds. The van der Waals surface area contributed by atoms with Crippen molar-refractivity contribution in [2.24, 2.45) is 0 Å². The van der Waals surface area contributed by atoms with Crippen LogP contribution in [0.25, 0.3) is 0 Å². The monoisotopic (exact) mass is 307 g/mol. The molecule has 0 bridgehead atoms. The van der Waals surface area contributed by atoms with Crippen molar-refractivity contribution in [3.05, 3.63) is 29.3 Å². The summed E-state index contributed by atoms with van der Waals surface area (Å²) in [4.78, 5) is 1.98. The van der Waals surface area contributed by atoms with E-state index in [1.54, 1.807) is 6.07 Å². The molecule has 1 aliphatic rings. The molecule has 0 aliphatic carbocycles. The molecule has 1 heterocycles. The normalized spacial score (nSPS) is 20.2. The Kier molecular flexibility index (Phi) is 4.81. The van der Waals surface area contributed by atoms with Crippen LogP contribution in [0.1, 0.15) is 24.5 Å². The fourth-order valence-electron chi connectivity index (χ4n) is 2.46. The fourth-order valence-corrected chi connectivity index (χ4v) is 2.69. The van der Waals surface area contributed by atoms with E-state index in [9.17, 15) is 13.2 Å². The summed E-state index contributed by atoms with van der Waals surface area (Å²) in [5.41, 5.74) is 0.0527. The van der Waals surface area contributed by atoms with Crippen LogP contribution in [0.15, 0.2) is 18.2 Å². The van der Waals surface area contributed by atoms with E-state index in [1.807, 2.05) is 11.8 Å². The predicted molar refractivity (Wildman–Crippen MR) is 73.2 cm³/mol. The number of hydrogen-bond acceptors (Lipinski definition) is 2. The molecule has 6 heteroatoms. The molecule has 20 heavy (non-hydrogen) atoms. The van der Waals surface area contributed by atoms with Crippen molar-refractivity contribution in [2.45, 2.75) is 31.4 Å². The first kappa shape index (κ1) is 15.4. The highest BCUT2D eigenvalue weighted by molar-refractivity contribution is 6.17. The van der Waals surface area contributed by atoms with Gasteiger partial charge in [-0.15, -0.1) is 11.6 Å². The van der Waals surface area contributed by atoms with Crippen LogP contribution in [0, 0.1) is 0 Å². The van der Waals surface area contributed by atoms with Crippen LogP contribution in [0.4, 0.5) is 18.9 Å². The molecule has 0 radical (unpaired) electrons. The highest BCUT2D eigenvalue weighted by atomic mass is 35.5. The summed E-state index contributed by atoms with van der Waals surface area (Å²) in [6, 6.07) is 4.49. The maximum atomic E-state index is 13.1. The average Bonchev–Trinajstić information content (AvgIpc) is 2.45. The van der Waals surface area contributed by atoms with Crippen molar-refractivity contribution >= 4 is 17.3 Å². The second-order valence-corrected chi connectivity index (χ2v) is 5.07. The van der Waals surface area contributed by atoms with Crippen LogP contribution >= 0.6 is 11.6 Å². The number of ether oxygens (including phenoxy) is 1. The Morgan fingerprint density at radius 3 is 2.75 bits per heavy atom. The lowest BCUT2D eigenvalue weighted by molar-refractivity contribution is -0.138. The Morgan fingerprint density at radius 1 is 1.40 bits per heavy atom. The third-order valence-corrected chi connectivity index (χ3v) is 3.86. The van der Waals surface area contributed by atoms with Gasteiger partial charge < -0.3 is 9.64 Å². The van der Waals surface area contributed by atoms with E-state index in [2.05, 4.69) is 0 Å². The van der Waals surface area contributed by atoms with Crippen LogP contribution in [0.3, 0.4) is 0 Å². The lowest BCUT2D eigenvalue weighted by Gasteiger charge is -2.37. The third kappa shape index (κ3) is 3.20. The van der Waals surface area contributed by atoms with Gasteiger partial charge in [-0.3, -0.25) is 0 Å². The molecule has 0 saturated carbocycles. The van der Waals surface area contributed by atoms with Crippen LogP contribution in [-0.2, 0) is 16.8 Å². The molecule has 2 rings (SSSR count). The lowest BCUT2D eigenvalue weighted by Crippen LogP contribution is -2.45. The van der Waals surface area contributed by atoms with E-state index in [1.165, 1.54) is 12.1 Å². The number of hydrogen-bond donors (Lipinski definition) is 0. The minimum absolute atomic E-state index is 0.115. The van der Waals surface area contributed by atoms with E-state index in [4.69, 9.17) is 16.3 Å². The Balaban J connectivity index is 2.37. The van der Waals surface area contributed by atoms with Gasteiger partial charge in [0.25, 0.3) is 0 Å². The van der Waals surface area contributed by atoms with Gasteiger partial charge in [0.05, 0.1) is 24.8 Å². The number of rotatable bonds is 3. The number of nitrogens with zero attached hydrogens (tertiary/aromatic N) is 1. The van der Waals surface area contributed by atoms with E-state index in [-0.39, 0.29) is 17.5 Å². The molecule has 0 spiro atoms. The minimum atomic E-state index is -4.38. The molecule has 2 nitrogen and oxygen atoms in total. The van der Waals surface area contributed by atoms with Gasteiger partial charge in [-0.25, -0.2) is 0 Å². The van der Waals surface area contributed by atoms with E-state index >= 15 is 0 Å². The van der Waals surface area contributed by atoms with Crippen molar-refractivity contribution in [3.63, 3.8) is 0 Å².